The molecule has 1 N–H and O–H groups in total. The van der Waals surface area contributed by atoms with Crippen LogP contribution in [0.5, 0.6) is 5.75 Å². The van der Waals surface area contributed by atoms with E-state index in [9.17, 15) is 5.02 Å². The third kappa shape index (κ3) is 1.64. The monoisotopic (exact) mass is 238 g/mol. The molecule has 66 valence electrons. The molecule has 4 heteroatoms. The van der Waals surface area contributed by atoms with E-state index in [0.29, 0.717) is 0 Å². The number of hydrogen-bond acceptors (Lipinski definition) is 2. The lowest BCUT2D eigenvalue weighted by Gasteiger charge is -2.18. The largest absolute Gasteiger partial charge is 0.555 e. The third-order valence-electron chi connectivity index (χ3n) is 1.98. The van der Waals surface area contributed by atoms with Crippen molar-refractivity contribution >= 4 is 29.1 Å². The summed E-state index contributed by atoms with van der Waals surface area (Å²) in [6.07, 6.45) is 1.92. The van der Waals surface area contributed by atoms with Gasteiger partial charge in [-0.1, -0.05) is 22.0 Å². The predicted octanol–water partition coefficient (Wildman–Crippen LogP) is 2.26. The van der Waals surface area contributed by atoms with Crippen molar-refractivity contribution in [3.8, 4) is 5.75 Å². The Kier molecular flexibility index (Phi) is 2.18. The maximum atomic E-state index is 9.39. The van der Waals surface area contributed by atoms with Crippen molar-refractivity contribution in [1.29, 1.82) is 0 Å². The van der Waals surface area contributed by atoms with E-state index in [1.54, 1.807) is 0 Å². The molecule has 0 unspecified atom stereocenters. The average Bonchev–Trinajstić information content (AvgIpc) is 2.08. The Morgan fingerprint density at radius 3 is 3.00 bits per heavy atom. The van der Waals surface area contributed by atoms with Crippen LogP contribution in [0, 0.1) is 0 Å². The number of allylic oxidation sites excluding steroid dienone is 1. The van der Waals surface area contributed by atoms with Gasteiger partial charge in [-0.05, 0) is 30.6 Å². The Bertz CT molecular complexity index is 376. The zero-order valence-corrected chi connectivity index (χ0v) is 8.71. The molecular weight excluding hydrogens is 231 g/mol. The summed E-state index contributed by atoms with van der Waals surface area (Å²) in [7, 11) is -0.798. The van der Waals surface area contributed by atoms with Gasteiger partial charge in [0, 0.05) is 10.0 Å². The maximum absolute atomic E-state index is 9.39. The topological polar surface area (TPSA) is 29.5 Å². The van der Waals surface area contributed by atoms with Crippen LogP contribution in [-0.4, -0.2) is 12.1 Å². The maximum Gasteiger partial charge on any atom is 0.555 e. The average molecular weight is 239 g/mol. The van der Waals surface area contributed by atoms with E-state index in [1.807, 2.05) is 31.2 Å². The lowest BCUT2D eigenvalue weighted by molar-refractivity contribution is 0.423. The van der Waals surface area contributed by atoms with Gasteiger partial charge in [0.05, 0.1) is 0 Å². The molecule has 1 aromatic carbocycles. The van der Waals surface area contributed by atoms with Crippen LogP contribution in [0.1, 0.15) is 12.5 Å². The fourth-order valence-electron chi connectivity index (χ4n) is 1.27. The molecule has 1 aromatic rings. The number of benzene rings is 1. The van der Waals surface area contributed by atoms with Gasteiger partial charge in [0.15, 0.2) is 0 Å². The molecule has 1 aliphatic heterocycles. The molecule has 0 spiro atoms. The molecular formula is C9H8BBrO2. The summed E-state index contributed by atoms with van der Waals surface area (Å²) in [5, 5.41) is 9.39. The summed E-state index contributed by atoms with van der Waals surface area (Å²) in [5.41, 5.74) is 1.82. The molecule has 0 aliphatic carbocycles. The van der Waals surface area contributed by atoms with Gasteiger partial charge in [-0.15, -0.1) is 0 Å². The second-order valence-electron chi connectivity index (χ2n) is 3.04. The molecule has 1 heterocycles. The van der Waals surface area contributed by atoms with E-state index < -0.39 is 7.12 Å². The number of hydrogen-bond donors (Lipinski definition) is 1. The van der Waals surface area contributed by atoms with E-state index in [0.717, 1.165) is 21.3 Å². The zero-order chi connectivity index (χ0) is 9.42. The first kappa shape index (κ1) is 8.85. The van der Waals surface area contributed by atoms with Gasteiger partial charge >= 0.3 is 7.12 Å². The first-order valence-electron chi connectivity index (χ1n) is 3.99. The Morgan fingerprint density at radius 1 is 1.46 bits per heavy atom. The van der Waals surface area contributed by atoms with Crippen LogP contribution < -0.4 is 4.65 Å². The summed E-state index contributed by atoms with van der Waals surface area (Å²) in [6, 6.07) is 5.69. The Hall–Kier alpha value is -0.735. The first-order valence-corrected chi connectivity index (χ1v) is 4.78. The van der Waals surface area contributed by atoms with E-state index in [4.69, 9.17) is 4.65 Å². The van der Waals surface area contributed by atoms with Crippen LogP contribution in [0.15, 0.2) is 28.1 Å². The highest BCUT2D eigenvalue weighted by atomic mass is 79.9. The van der Waals surface area contributed by atoms with Crippen molar-refractivity contribution in [2.75, 3.05) is 0 Å². The standard InChI is InChI=1S/C9H8BBrO2/c1-6-4-7-5-8(11)2-3-9(7)13-10(6)12/h2-5,12H,1H3. The lowest BCUT2D eigenvalue weighted by atomic mass is 9.77. The minimum atomic E-state index is -0.798. The fraction of sp³-hybridized carbons (Fsp3) is 0.111. The molecule has 0 bridgehead atoms. The minimum absolute atomic E-state index is 0.723. The smallest absolute Gasteiger partial charge is 0.532 e. The molecule has 2 nitrogen and oxygen atoms in total. The highest BCUT2D eigenvalue weighted by molar-refractivity contribution is 9.10. The van der Waals surface area contributed by atoms with Gasteiger partial charge in [0.25, 0.3) is 0 Å². The van der Waals surface area contributed by atoms with Gasteiger partial charge in [0.2, 0.25) is 0 Å². The molecule has 0 atom stereocenters. The van der Waals surface area contributed by atoms with Crippen LogP contribution in [-0.2, 0) is 0 Å². The van der Waals surface area contributed by atoms with Crippen molar-refractivity contribution in [2.45, 2.75) is 6.92 Å². The van der Waals surface area contributed by atoms with Crippen molar-refractivity contribution in [3.05, 3.63) is 33.7 Å². The molecule has 0 amide bonds. The molecule has 0 saturated heterocycles. The SMILES string of the molecule is CC1=Cc2cc(Br)ccc2OB1O. The quantitative estimate of drug-likeness (QED) is 0.703. The van der Waals surface area contributed by atoms with Crippen LogP contribution in [0.2, 0.25) is 0 Å². The second kappa shape index (κ2) is 3.20. The van der Waals surface area contributed by atoms with Crippen LogP contribution >= 0.6 is 15.9 Å². The Labute approximate surface area is 85.5 Å². The van der Waals surface area contributed by atoms with E-state index in [1.165, 1.54) is 0 Å². The second-order valence-corrected chi connectivity index (χ2v) is 3.96. The normalized spacial score (nSPS) is 14.7. The van der Waals surface area contributed by atoms with Gasteiger partial charge < -0.3 is 9.68 Å². The minimum Gasteiger partial charge on any atom is -0.532 e. The van der Waals surface area contributed by atoms with E-state index in [-0.39, 0.29) is 0 Å². The highest BCUT2D eigenvalue weighted by Crippen LogP contribution is 2.29. The number of halogens is 1. The number of fused-ring (bicyclic) bond motifs is 1. The lowest BCUT2D eigenvalue weighted by Crippen LogP contribution is -2.26. The summed E-state index contributed by atoms with van der Waals surface area (Å²) in [6.45, 7) is 1.84. The van der Waals surface area contributed by atoms with Crippen molar-refractivity contribution in [1.82, 2.24) is 0 Å². The molecule has 0 fully saturated rings. The fourth-order valence-corrected chi connectivity index (χ4v) is 1.65. The molecule has 13 heavy (non-hydrogen) atoms. The summed E-state index contributed by atoms with van der Waals surface area (Å²) in [4.78, 5) is 0. The molecule has 0 radical (unpaired) electrons. The summed E-state index contributed by atoms with van der Waals surface area (Å²) < 4.78 is 6.27. The van der Waals surface area contributed by atoms with Gasteiger partial charge in [0.1, 0.15) is 5.75 Å². The molecule has 1 aliphatic rings. The van der Waals surface area contributed by atoms with Gasteiger partial charge in [-0.2, -0.15) is 0 Å². The van der Waals surface area contributed by atoms with Crippen molar-refractivity contribution < 1.29 is 9.68 Å². The van der Waals surface area contributed by atoms with E-state index >= 15 is 0 Å². The van der Waals surface area contributed by atoms with E-state index in [2.05, 4.69) is 15.9 Å². The van der Waals surface area contributed by atoms with Crippen molar-refractivity contribution in [2.24, 2.45) is 0 Å². The first-order chi connectivity index (χ1) is 6.16. The van der Waals surface area contributed by atoms with Gasteiger partial charge in [-0.3, -0.25) is 0 Å². The van der Waals surface area contributed by atoms with Gasteiger partial charge in [-0.25, -0.2) is 0 Å². The van der Waals surface area contributed by atoms with Crippen LogP contribution in [0.4, 0.5) is 0 Å². The third-order valence-corrected chi connectivity index (χ3v) is 2.48. The Balaban J connectivity index is 2.51. The highest BCUT2D eigenvalue weighted by Gasteiger charge is 2.23. The van der Waals surface area contributed by atoms with Crippen LogP contribution in [0.25, 0.3) is 6.08 Å². The molecule has 0 aromatic heterocycles. The van der Waals surface area contributed by atoms with Crippen molar-refractivity contribution in [3.63, 3.8) is 0 Å². The Morgan fingerprint density at radius 2 is 2.23 bits per heavy atom. The summed E-state index contributed by atoms with van der Waals surface area (Å²) in [5.74, 6) is 0.723. The summed E-state index contributed by atoms with van der Waals surface area (Å²) >= 11 is 3.38. The zero-order valence-electron chi connectivity index (χ0n) is 7.12. The predicted molar refractivity (Wildman–Crippen MR) is 56.4 cm³/mol. The number of rotatable bonds is 0. The van der Waals surface area contributed by atoms with Crippen LogP contribution in [0.3, 0.4) is 0 Å². The molecule has 2 rings (SSSR count). The molecule has 0 saturated carbocycles.